The first-order valence-corrected chi connectivity index (χ1v) is 14.7. The van der Waals surface area contributed by atoms with Gasteiger partial charge in [0.2, 0.25) is 6.36 Å². The highest BCUT2D eigenvalue weighted by Gasteiger charge is 2.43. The summed E-state index contributed by atoms with van der Waals surface area (Å²) in [7, 11) is 0. The molecule has 0 spiro atoms. The van der Waals surface area contributed by atoms with Crippen LogP contribution < -0.4 is 0 Å². The van der Waals surface area contributed by atoms with Crippen molar-refractivity contribution in [3.8, 4) is 0 Å². The van der Waals surface area contributed by atoms with E-state index in [4.69, 9.17) is 14.2 Å². The Bertz CT molecular complexity index is 599. The molecule has 2 unspecified atom stereocenters. The molecule has 0 saturated carbocycles. The highest BCUT2D eigenvalue weighted by molar-refractivity contribution is 5.90. The third kappa shape index (κ3) is 20.0. The SMILES string of the molecule is CCCCCCCCOC(=O)CC(O)(CC(=O)OC(F)CCCCCC)C(=O)OCCCCCCCC. The molecule has 0 amide bonds. The average molecular weight is 533 g/mol. The van der Waals surface area contributed by atoms with Crippen LogP contribution in [0.5, 0.6) is 0 Å². The second-order valence-corrected chi connectivity index (χ2v) is 10.0. The first kappa shape index (κ1) is 35.3. The third-order valence-electron chi connectivity index (χ3n) is 6.29. The van der Waals surface area contributed by atoms with Crippen molar-refractivity contribution in [1.82, 2.24) is 0 Å². The Morgan fingerprint density at radius 1 is 0.649 bits per heavy atom. The highest BCUT2D eigenvalue weighted by Crippen LogP contribution is 2.22. The van der Waals surface area contributed by atoms with Crippen molar-refractivity contribution in [3.05, 3.63) is 0 Å². The van der Waals surface area contributed by atoms with E-state index in [1.54, 1.807) is 0 Å². The van der Waals surface area contributed by atoms with Gasteiger partial charge in [0.15, 0.2) is 5.60 Å². The number of aliphatic hydroxyl groups is 1. The number of carbonyl (C=O) groups is 3. The number of alkyl halides is 1. The lowest BCUT2D eigenvalue weighted by Gasteiger charge is -2.24. The Labute approximate surface area is 224 Å². The molecule has 0 aliphatic carbocycles. The van der Waals surface area contributed by atoms with Crippen molar-refractivity contribution in [3.63, 3.8) is 0 Å². The van der Waals surface area contributed by atoms with Crippen LogP contribution >= 0.6 is 0 Å². The Balaban J connectivity index is 4.79. The summed E-state index contributed by atoms with van der Waals surface area (Å²) in [5, 5.41) is 11.0. The number of ether oxygens (including phenoxy) is 3. The minimum atomic E-state index is -2.46. The second kappa shape index (κ2) is 23.4. The van der Waals surface area contributed by atoms with E-state index < -0.39 is 42.7 Å². The lowest BCUT2D eigenvalue weighted by molar-refractivity contribution is -0.181. The first-order chi connectivity index (χ1) is 17.8. The number of hydrogen-bond donors (Lipinski definition) is 1. The van der Waals surface area contributed by atoms with E-state index in [9.17, 15) is 23.9 Å². The molecule has 37 heavy (non-hydrogen) atoms. The zero-order chi connectivity index (χ0) is 27.8. The molecule has 0 saturated heterocycles. The van der Waals surface area contributed by atoms with Crippen LogP contribution in [0.15, 0.2) is 0 Å². The molecule has 0 fully saturated rings. The fourth-order valence-corrected chi connectivity index (χ4v) is 3.96. The maximum Gasteiger partial charge on any atom is 0.339 e. The summed E-state index contributed by atoms with van der Waals surface area (Å²) in [5.74, 6) is -2.99. The lowest BCUT2D eigenvalue weighted by atomic mass is 9.95. The molecule has 2 atom stereocenters. The standard InChI is InChI=1S/C29H53FO7/c1-4-7-10-13-15-18-21-35-26(31)23-29(34,28(33)36-22-19-16-14-11-8-5-2)24-27(32)37-25(30)20-17-12-9-6-3/h25,34H,4-24H2,1-3H3. The van der Waals surface area contributed by atoms with Crippen molar-refractivity contribution in [1.29, 1.82) is 0 Å². The van der Waals surface area contributed by atoms with Crippen molar-refractivity contribution < 1.29 is 38.1 Å². The van der Waals surface area contributed by atoms with Crippen LogP contribution in [-0.2, 0) is 28.6 Å². The molecule has 8 heteroatoms. The fraction of sp³-hybridized carbons (Fsp3) is 0.897. The predicted molar refractivity (Wildman–Crippen MR) is 143 cm³/mol. The largest absolute Gasteiger partial charge is 0.466 e. The van der Waals surface area contributed by atoms with E-state index in [2.05, 4.69) is 13.8 Å². The van der Waals surface area contributed by atoms with Gasteiger partial charge in [-0.2, -0.15) is 0 Å². The van der Waals surface area contributed by atoms with Crippen molar-refractivity contribution in [2.45, 2.75) is 155 Å². The summed E-state index contributed by atoms with van der Waals surface area (Å²) < 4.78 is 29.2. The van der Waals surface area contributed by atoms with Crippen LogP contribution in [0.4, 0.5) is 4.39 Å². The van der Waals surface area contributed by atoms with Gasteiger partial charge in [-0.25, -0.2) is 9.18 Å². The lowest BCUT2D eigenvalue weighted by Crippen LogP contribution is -2.45. The van der Waals surface area contributed by atoms with Gasteiger partial charge in [-0.15, -0.1) is 0 Å². The van der Waals surface area contributed by atoms with E-state index in [-0.39, 0.29) is 19.6 Å². The van der Waals surface area contributed by atoms with Crippen LogP contribution in [0, 0.1) is 0 Å². The maximum atomic E-state index is 14.1. The number of hydrogen-bond acceptors (Lipinski definition) is 7. The molecule has 0 rings (SSSR count). The molecule has 0 aromatic heterocycles. The van der Waals surface area contributed by atoms with E-state index in [1.165, 1.54) is 6.42 Å². The molecule has 0 aliphatic rings. The van der Waals surface area contributed by atoms with Crippen molar-refractivity contribution in [2.24, 2.45) is 0 Å². The van der Waals surface area contributed by atoms with Crippen LogP contribution in [0.25, 0.3) is 0 Å². The Morgan fingerprint density at radius 3 is 1.62 bits per heavy atom. The van der Waals surface area contributed by atoms with E-state index in [0.717, 1.165) is 77.0 Å². The number of carbonyl (C=O) groups excluding carboxylic acids is 3. The second-order valence-electron chi connectivity index (χ2n) is 10.0. The summed E-state index contributed by atoms with van der Waals surface area (Å²) >= 11 is 0. The monoisotopic (exact) mass is 532 g/mol. The molecule has 0 heterocycles. The van der Waals surface area contributed by atoms with Gasteiger partial charge in [0, 0.05) is 6.42 Å². The molecule has 0 aromatic rings. The summed E-state index contributed by atoms with van der Waals surface area (Å²) in [5.41, 5.74) is -2.46. The molecule has 1 N–H and O–H groups in total. The Morgan fingerprint density at radius 2 is 1.08 bits per heavy atom. The highest BCUT2D eigenvalue weighted by atomic mass is 19.1. The average Bonchev–Trinajstić information content (AvgIpc) is 2.85. The van der Waals surface area contributed by atoms with E-state index in [0.29, 0.717) is 19.3 Å². The minimum absolute atomic E-state index is 0.0486. The molecular formula is C29H53FO7. The van der Waals surface area contributed by atoms with Gasteiger partial charge in [0.05, 0.1) is 26.1 Å². The van der Waals surface area contributed by atoms with Gasteiger partial charge in [-0.3, -0.25) is 9.59 Å². The van der Waals surface area contributed by atoms with Gasteiger partial charge in [-0.05, 0) is 19.3 Å². The van der Waals surface area contributed by atoms with Crippen LogP contribution in [-0.4, -0.2) is 48.2 Å². The summed E-state index contributed by atoms with van der Waals surface area (Å²) in [4.78, 5) is 37.4. The topological polar surface area (TPSA) is 99.1 Å². The fourth-order valence-electron chi connectivity index (χ4n) is 3.96. The van der Waals surface area contributed by atoms with Crippen LogP contribution in [0.1, 0.15) is 143 Å². The van der Waals surface area contributed by atoms with Gasteiger partial charge >= 0.3 is 17.9 Å². The molecule has 0 bridgehead atoms. The zero-order valence-corrected chi connectivity index (χ0v) is 23.7. The van der Waals surface area contributed by atoms with E-state index >= 15 is 0 Å². The molecule has 218 valence electrons. The van der Waals surface area contributed by atoms with Crippen LogP contribution in [0.3, 0.4) is 0 Å². The van der Waals surface area contributed by atoms with Gasteiger partial charge < -0.3 is 19.3 Å². The Hall–Kier alpha value is -1.70. The molecule has 0 radical (unpaired) electrons. The zero-order valence-electron chi connectivity index (χ0n) is 23.7. The Kier molecular flexibility index (Phi) is 22.3. The van der Waals surface area contributed by atoms with E-state index in [1.807, 2.05) is 6.92 Å². The molecular weight excluding hydrogens is 479 g/mol. The van der Waals surface area contributed by atoms with Gasteiger partial charge in [0.25, 0.3) is 0 Å². The maximum absolute atomic E-state index is 14.1. The minimum Gasteiger partial charge on any atom is -0.466 e. The summed E-state index contributed by atoms with van der Waals surface area (Å²) in [6.45, 7) is 6.54. The smallest absolute Gasteiger partial charge is 0.339 e. The van der Waals surface area contributed by atoms with Crippen LogP contribution in [0.2, 0.25) is 0 Å². The predicted octanol–water partition coefficient (Wildman–Crippen LogP) is 7.11. The number of unbranched alkanes of at least 4 members (excludes halogenated alkanes) is 13. The molecule has 7 nitrogen and oxygen atoms in total. The molecule has 0 aromatic carbocycles. The number of rotatable bonds is 25. The number of halogens is 1. The quantitative estimate of drug-likeness (QED) is 0.0759. The van der Waals surface area contributed by atoms with Crippen molar-refractivity contribution >= 4 is 17.9 Å². The summed E-state index contributed by atoms with van der Waals surface area (Å²) in [6.07, 6.45) is 11.9. The first-order valence-electron chi connectivity index (χ1n) is 14.7. The van der Waals surface area contributed by atoms with Gasteiger partial charge in [0.1, 0.15) is 0 Å². The third-order valence-corrected chi connectivity index (χ3v) is 6.29. The van der Waals surface area contributed by atoms with Crippen molar-refractivity contribution in [2.75, 3.05) is 13.2 Å². The number of esters is 3. The normalized spacial score (nSPS) is 13.5. The summed E-state index contributed by atoms with van der Waals surface area (Å²) in [6, 6.07) is 0. The van der Waals surface area contributed by atoms with Gasteiger partial charge in [-0.1, -0.05) is 104 Å². The molecule has 0 aliphatic heterocycles.